The SMILES string of the molecule is C=CC(=O)ON.CCC(=O)O. The standard InChI is InChI=1S/C3H5NO2.C3H6O2/c1-2-3(5)6-4;1-2-3(4)5/h2H,1,4H2;2H2,1H3,(H,4,5). The van der Waals surface area contributed by atoms with Crippen LogP contribution < -0.4 is 5.90 Å². The largest absolute Gasteiger partial charge is 0.481 e. The molecule has 0 aromatic carbocycles. The highest BCUT2D eigenvalue weighted by atomic mass is 16.7. The molecule has 0 fully saturated rings. The third-order valence-corrected chi connectivity index (χ3v) is 0.585. The van der Waals surface area contributed by atoms with Crippen LogP contribution >= 0.6 is 0 Å². The van der Waals surface area contributed by atoms with Gasteiger partial charge in [-0.2, -0.15) is 5.90 Å². The summed E-state index contributed by atoms with van der Waals surface area (Å²) in [5.74, 6) is 3.00. The lowest BCUT2D eigenvalue weighted by Crippen LogP contribution is -2.04. The molecular weight excluding hydrogens is 150 g/mol. The van der Waals surface area contributed by atoms with E-state index in [2.05, 4.69) is 17.3 Å². The zero-order valence-electron chi connectivity index (χ0n) is 6.24. The smallest absolute Gasteiger partial charge is 0.348 e. The van der Waals surface area contributed by atoms with Crippen LogP contribution in [0.4, 0.5) is 0 Å². The first-order valence-electron chi connectivity index (χ1n) is 2.83. The predicted octanol–water partition coefficient (Wildman–Crippen LogP) is 0.0703. The van der Waals surface area contributed by atoms with Crippen molar-refractivity contribution < 1.29 is 19.5 Å². The van der Waals surface area contributed by atoms with Crippen molar-refractivity contribution in [3.05, 3.63) is 12.7 Å². The van der Waals surface area contributed by atoms with Gasteiger partial charge in [-0.3, -0.25) is 4.79 Å². The van der Waals surface area contributed by atoms with E-state index in [0.29, 0.717) is 0 Å². The fraction of sp³-hybridized carbons (Fsp3) is 0.333. The lowest BCUT2D eigenvalue weighted by Gasteiger charge is -1.81. The molecule has 0 aliphatic rings. The van der Waals surface area contributed by atoms with Gasteiger partial charge in [-0.15, -0.1) is 0 Å². The van der Waals surface area contributed by atoms with Crippen LogP contribution in [0.2, 0.25) is 0 Å². The van der Waals surface area contributed by atoms with Crippen LogP contribution in [-0.4, -0.2) is 17.0 Å². The summed E-state index contributed by atoms with van der Waals surface area (Å²) >= 11 is 0. The average molecular weight is 161 g/mol. The molecule has 0 rings (SSSR count). The first-order valence-corrected chi connectivity index (χ1v) is 2.83. The summed E-state index contributed by atoms with van der Waals surface area (Å²) in [6.45, 7) is 4.68. The monoisotopic (exact) mass is 161 g/mol. The number of carbonyl (C=O) groups is 2. The van der Waals surface area contributed by atoms with E-state index in [4.69, 9.17) is 5.11 Å². The Bertz CT molecular complexity index is 144. The second-order valence-corrected chi connectivity index (χ2v) is 1.39. The Morgan fingerprint density at radius 1 is 1.73 bits per heavy atom. The van der Waals surface area contributed by atoms with E-state index in [9.17, 15) is 9.59 Å². The van der Waals surface area contributed by atoms with Gasteiger partial charge in [-0.1, -0.05) is 13.5 Å². The fourth-order valence-corrected chi connectivity index (χ4v) is 0.0481. The van der Waals surface area contributed by atoms with E-state index in [1.807, 2.05) is 0 Å². The summed E-state index contributed by atoms with van der Waals surface area (Å²) in [4.78, 5) is 22.7. The molecule has 0 aliphatic carbocycles. The van der Waals surface area contributed by atoms with Gasteiger partial charge < -0.3 is 9.94 Å². The molecular formula is C6H11NO4. The van der Waals surface area contributed by atoms with Crippen molar-refractivity contribution in [3.63, 3.8) is 0 Å². The van der Waals surface area contributed by atoms with E-state index in [0.717, 1.165) is 6.08 Å². The molecule has 3 N–H and O–H groups in total. The predicted molar refractivity (Wildman–Crippen MR) is 38.4 cm³/mol. The number of carbonyl (C=O) groups excluding carboxylic acids is 1. The normalized spacial score (nSPS) is 7.09. The first kappa shape index (κ1) is 12.3. The Morgan fingerprint density at radius 2 is 2.09 bits per heavy atom. The van der Waals surface area contributed by atoms with Crippen molar-refractivity contribution in [1.82, 2.24) is 0 Å². The van der Waals surface area contributed by atoms with E-state index >= 15 is 0 Å². The van der Waals surface area contributed by atoms with E-state index in [1.54, 1.807) is 6.92 Å². The number of hydrogen-bond acceptors (Lipinski definition) is 4. The minimum Gasteiger partial charge on any atom is -0.481 e. The highest BCUT2D eigenvalue weighted by Crippen LogP contribution is 1.67. The molecule has 0 aliphatic heterocycles. The molecule has 5 nitrogen and oxygen atoms in total. The Hall–Kier alpha value is -1.36. The highest BCUT2D eigenvalue weighted by Gasteiger charge is 1.83. The van der Waals surface area contributed by atoms with E-state index in [-0.39, 0.29) is 6.42 Å². The molecule has 0 aromatic heterocycles. The fourth-order valence-electron chi connectivity index (χ4n) is 0.0481. The van der Waals surface area contributed by atoms with Gasteiger partial charge in [0.1, 0.15) is 0 Å². The molecule has 11 heavy (non-hydrogen) atoms. The maximum atomic E-state index is 9.72. The van der Waals surface area contributed by atoms with Crippen LogP contribution in [0.5, 0.6) is 0 Å². The highest BCUT2D eigenvalue weighted by molar-refractivity contribution is 5.80. The topological polar surface area (TPSA) is 89.6 Å². The molecule has 0 saturated heterocycles. The molecule has 0 heterocycles. The van der Waals surface area contributed by atoms with Gasteiger partial charge in [0.15, 0.2) is 0 Å². The zero-order chi connectivity index (χ0) is 9.28. The van der Waals surface area contributed by atoms with Crippen molar-refractivity contribution in [2.24, 2.45) is 5.90 Å². The lowest BCUT2D eigenvalue weighted by atomic mass is 10.5. The number of hydrogen-bond donors (Lipinski definition) is 2. The Morgan fingerprint density at radius 3 is 2.09 bits per heavy atom. The molecule has 0 aromatic rings. The molecule has 0 unspecified atom stereocenters. The van der Waals surface area contributed by atoms with Crippen molar-refractivity contribution >= 4 is 11.9 Å². The molecule has 0 radical (unpaired) electrons. The minimum atomic E-state index is -0.745. The average Bonchev–Trinajstić information content (AvgIpc) is 2.04. The van der Waals surface area contributed by atoms with Crippen LogP contribution in [-0.2, 0) is 14.4 Å². The summed E-state index contributed by atoms with van der Waals surface area (Å²) in [5.41, 5.74) is 0. The number of aliphatic carboxylic acids is 1. The van der Waals surface area contributed by atoms with Gasteiger partial charge in [0.2, 0.25) is 0 Å². The van der Waals surface area contributed by atoms with Gasteiger partial charge in [0.25, 0.3) is 0 Å². The van der Waals surface area contributed by atoms with E-state index in [1.165, 1.54) is 0 Å². The van der Waals surface area contributed by atoms with Crippen molar-refractivity contribution in [1.29, 1.82) is 0 Å². The van der Waals surface area contributed by atoms with Crippen LogP contribution in [0.15, 0.2) is 12.7 Å². The molecule has 5 heteroatoms. The molecule has 0 amide bonds. The molecule has 0 bridgehead atoms. The van der Waals surface area contributed by atoms with Crippen molar-refractivity contribution in [2.75, 3.05) is 0 Å². The summed E-state index contributed by atoms with van der Waals surface area (Å²) in [6.07, 6.45) is 1.21. The summed E-state index contributed by atoms with van der Waals surface area (Å²) in [6, 6.07) is 0. The van der Waals surface area contributed by atoms with Gasteiger partial charge >= 0.3 is 11.9 Å². The maximum absolute atomic E-state index is 9.72. The van der Waals surface area contributed by atoms with Crippen LogP contribution in [0.1, 0.15) is 13.3 Å². The number of nitrogens with two attached hydrogens (primary N) is 1. The van der Waals surface area contributed by atoms with Gasteiger partial charge in [0.05, 0.1) is 0 Å². The van der Waals surface area contributed by atoms with Gasteiger partial charge in [-0.05, 0) is 0 Å². The molecule has 0 spiro atoms. The Labute approximate surface area is 64.4 Å². The summed E-state index contributed by atoms with van der Waals surface area (Å²) < 4.78 is 0. The number of rotatable bonds is 2. The Kier molecular flexibility index (Phi) is 9.68. The van der Waals surface area contributed by atoms with Gasteiger partial charge in [-0.25, -0.2) is 4.79 Å². The lowest BCUT2D eigenvalue weighted by molar-refractivity contribution is -0.138. The first-order chi connectivity index (χ1) is 5.08. The molecule has 64 valence electrons. The van der Waals surface area contributed by atoms with Crippen LogP contribution in [0.25, 0.3) is 0 Å². The number of carboxylic acid groups (broad SMARTS) is 1. The van der Waals surface area contributed by atoms with E-state index < -0.39 is 11.9 Å². The van der Waals surface area contributed by atoms with Crippen molar-refractivity contribution in [2.45, 2.75) is 13.3 Å². The third-order valence-electron chi connectivity index (χ3n) is 0.585. The van der Waals surface area contributed by atoms with Crippen LogP contribution in [0, 0.1) is 0 Å². The minimum absolute atomic E-state index is 0.222. The number of carboxylic acids is 1. The van der Waals surface area contributed by atoms with Crippen LogP contribution in [0.3, 0.4) is 0 Å². The molecule has 0 saturated carbocycles. The Balaban J connectivity index is 0. The third kappa shape index (κ3) is 17.7. The molecule has 0 atom stereocenters. The van der Waals surface area contributed by atoms with Gasteiger partial charge in [0, 0.05) is 12.5 Å². The van der Waals surface area contributed by atoms with Crippen molar-refractivity contribution in [3.8, 4) is 0 Å². The zero-order valence-corrected chi connectivity index (χ0v) is 6.24. The maximum Gasteiger partial charge on any atom is 0.348 e. The second-order valence-electron chi connectivity index (χ2n) is 1.39. The summed E-state index contributed by atoms with van der Waals surface area (Å²) in [7, 11) is 0. The second kappa shape index (κ2) is 8.64. The summed E-state index contributed by atoms with van der Waals surface area (Å²) in [5, 5.41) is 7.72. The quantitative estimate of drug-likeness (QED) is 0.442.